The van der Waals surface area contributed by atoms with Crippen molar-refractivity contribution in [3.05, 3.63) is 24.0 Å². The van der Waals surface area contributed by atoms with Gasteiger partial charge in [-0.1, -0.05) is 20.3 Å². The number of amides is 1. The van der Waals surface area contributed by atoms with Gasteiger partial charge in [0, 0.05) is 31.5 Å². The van der Waals surface area contributed by atoms with Gasteiger partial charge in [-0.25, -0.2) is 0 Å². The number of nitrogens with one attached hydrogen (secondary N) is 1. The van der Waals surface area contributed by atoms with Gasteiger partial charge in [-0.2, -0.15) is 0 Å². The van der Waals surface area contributed by atoms with Gasteiger partial charge in [0.15, 0.2) is 0 Å². The Balaban J connectivity index is 1.93. The van der Waals surface area contributed by atoms with E-state index in [0.29, 0.717) is 12.6 Å². The van der Waals surface area contributed by atoms with Crippen molar-refractivity contribution in [1.82, 2.24) is 14.8 Å². The maximum absolute atomic E-state index is 12.2. The Morgan fingerprint density at radius 3 is 2.71 bits per heavy atom. The molecule has 0 bridgehead atoms. The lowest BCUT2D eigenvalue weighted by Gasteiger charge is -2.17. The molecule has 1 saturated heterocycles. The van der Waals surface area contributed by atoms with Crippen molar-refractivity contribution in [2.24, 2.45) is 0 Å². The van der Waals surface area contributed by atoms with Gasteiger partial charge in [0.2, 0.25) is 5.91 Å². The largest absolute Gasteiger partial charge is 0.345 e. The zero-order chi connectivity index (χ0) is 15.1. The average molecular weight is 291 g/mol. The van der Waals surface area contributed by atoms with E-state index < -0.39 is 0 Å². The zero-order valence-electron chi connectivity index (χ0n) is 13.5. The summed E-state index contributed by atoms with van der Waals surface area (Å²) >= 11 is 0. The number of aromatic nitrogens is 1. The molecule has 118 valence electrons. The van der Waals surface area contributed by atoms with Gasteiger partial charge in [0.25, 0.3) is 0 Å². The van der Waals surface area contributed by atoms with Gasteiger partial charge in [-0.3, -0.25) is 4.79 Å². The van der Waals surface area contributed by atoms with E-state index in [1.165, 1.54) is 12.0 Å². The predicted molar refractivity (Wildman–Crippen MR) is 86.2 cm³/mol. The molecule has 1 unspecified atom stereocenters. The number of hydrogen-bond donors (Lipinski definition) is 1. The molecule has 1 aliphatic heterocycles. The molecule has 0 spiro atoms. The Labute approximate surface area is 128 Å². The molecule has 0 aromatic carbocycles. The lowest BCUT2D eigenvalue weighted by molar-refractivity contribution is -0.130. The molecule has 2 rings (SSSR count). The van der Waals surface area contributed by atoms with Crippen LogP contribution in [0.25, 0.3) is 0 Å². The van der Waals surface area contributed by atoms with E-state index in [-0.39, 0.29) is 5.91 Å². The van der Waals surface area contributed by atoms with Crippen LogP contribution in [0.1, 0.15) is 57.6 Å². The van der Waals surface area contributed by atoms with E-state index in [1.807, 2.05) is 15.7 Å². The molecule has 1 atom stereocenters. The first-order valence-corrected chi connectivity index (χ1v) is 8.41. The smallest absolute Gasteiger partial charge is 0.242 e. The maximum atomic E-state index is 12.2. The highest BCUT2D eigenvalue weighted by Crippen LogP contribution is 2.19. The van der Waals surface area contributed by atoms with Crippen molar-refractivity contribution in [3.63, 3.8) is 0 Å². The lowest BCUT2D eigenvalue weighted by atomic mass is 10.1. The molecule has 0 saturated carbocycles. The summed E-state index contributed by atoms with van der Waals surface area (Å²) in [4.78, 5) is 14.2. The minimum absolute atomic E-state index is 0.253. The number of carbonyl (C=O) groups excluding carboxylic acids is 1. The van der Waals surface area contributed by atoms with Crippen LogP contribution in [-0.4, -0.2) is 35.0 Å². The highest BCUT2D eigenvalue weighted by Gasteiger charge is 2.18. The fourth-order valence-corrected chi connectivity index (χ4v) is 2.98. The summed E-state index contributed by atoms with van der Waals surface area (Å²) in [7, 11) is 0. The highest BCUT2D eigenvalue weighted by molar-refractivity contribution is 5.76. The molecule has 0 aliphatic carbocycles. The van der Waals surface area contributed by atoms with Gasteiger partial charge >= 0.3 is 0 Å². The fourth-order valence-electron chi connectivity index (χ4n) is 2.98. The first-order chi connectivity index (χ1) is 10.2. The first-order valence-electron chi connectivity index (χ1n) is 8.41. The molecule has 0 radical (unpaired) electrons. The van der Waals surface area contributed by atoms with Crippen molar-refractivity contribution < 1.29 is 4.79 Å². The van der Waals surface area contributed by atoms with E-state index in [9.17, 15) is 4.79 Å². The van der Waals surface area contributed by atoms with Gasteiger partial charge in [0.05, 0.1) is 0 Å². The molecule has 4 heteroatoms. The molecule has 1 aliphatic rings. The normalized spacial score (nSPS) is 16.4. The van der Waals surface area contributed by atoms with Crippen LogP contribution in [0, 0.1) is 0 Å². The summed E-state index contributed by atoms with van der Waals surface area (Å²) in [5.74, 6) is 0.253. The number of carbonyl (C=O) groups is 1. The van der Waals surface area contributed by atoms with Crippen LogP contribution in [0.5, 0.6) is 0 Å². The third-order valence-corrected chi connectivity index (χ3v) is 4.17. The van der Waals surface area contributed by atoms with Crippen molar-refractivity contribution >= 4 is 5.91 Å². The quantitative estimate of drug-likeness (QED) is 0.799. The van der Waals surface area contributed by atoms with Crippen molar-refractivity contribution in [2.45, 2.75) is 58.5 Å². The average Bonchev–Trinajstić information content (AvgIpc) is 3.14. The molecular formula is C17H29N3O. The molecule has 2 heterocycles. The summed E-state index contributed by atoms with van der Waals surface area (Å²) in [6, 6.07) is 2.57. The van der Waals surface area contributed by atoms with Crippen LogP contribution in [0.15, 0.2) is 18.5 Å². The number of nitrogens with zero attached hydrogens (tertiary/aromatic N) is 2. The van der Waals surface area contributed by atoms with E-state index in [1.54, 1.807) is 0 Å². The Morgan fingerprint density at radius 2 is 2.05 bits per heavy atom. The Kier molecular flexibility index (Phi) is 6.30. The van der Waals surface area contributed by atoms with Crippen molar-refractivity contribution in [3.8, 4) is 0 Å². The van der Waals surface area contributed by atoms with Crippen molar-refractivity contribution in [2.75, 3.05) is 19.6 Å². The third-order valence-electron chi connectivity index (χ3n) is 4.17. The summed E-state index contributed by atoms with van der Waals surface area (Å²) in [5.41, 5.74) is 1.31. The fraction of sp³-hybridized carbons (Fsp3) is 0.706. The molecule has 4 nitrogen and oxygen atoms in total. The summed E-state index contributed by atoms with van der Waals surface area (Å²) in [6.07, 6.45) is 9.94. The number of hydrogen-bond acceptors (Lipinski definition) is 2. The van der Waals surface area contributed by atoms with Crippen LogP contribution in [0.3, 0.4) is 0 Å². The number of rotatable bonds is 8. The molecule has 1 aromatic rings. The Hall–Kier alpha value is -1.29. The molecule has 1 N–H and O–H groups in total. The predicted octanol–water partition coefficient (Wildman–Crippen LogP) is 2.95. The van der Waals surface area contributed by atoms with Crippen LogP contribution >= 0.6 is 0 Å². The van der Waals surface area contributed by atoms with E-state index in [2.05, 4.69) is 31.4 Å². The third kappa shape index (κ3) is 4.60. The molecular weight excluding hydrogens is 262 g/mol. The summed E-state index contributed by atoms with van der Waals surface area (Å²) < 4.78 is 2.03. The van der Waals surface area contributed by atoms with Gasteiger partial charge in [-0.05, 0) is 43.9 Å². The number of likely N-dealkylation sites (tertiary alicyclic amines) is 1. The topological polar surface area (TPSA) is 37.3 Å². The highest BCUT2D eigenvalue weighted by atomic mass is 16.2. The molecule has 1 amide bonds. The van der Waals surface area contributed by atoms with E-state index in [4.69, 9.17) is 0 Å². The first kappa shape index (κ1) is 16.1. The molecule has 1 fully saturated rings. The summed E-state index contributed by atoms with van der Waals surface area (Å²) in [6.45, 7) is 7.80. The zero-order valence-corrected chi connectivity index (χ0v) is 13.5. The lowest BCUT2D eigenvalue weighted by Crippen LogP contribution is -2.30. The van der Waals surface area contributed by atoms with E-state index in [0.717, 1.165) is 45.3 Å². The van der Waals surface area contributed by atoms with Crippen LogP contribution in [-0.2, 0) is 11.3 Å². The Morgan fingerprint density at radius 1 is 1.29 bits per heavy atom. The molecule has 1 aromatic heterocycles. The SMILES string of the molecule is CCCNC(CCC)c1ccn(CC(=O)N2CCCC2)c1. The standard InChI is InChI=1S/C17H29N3O/c1-3-7-16(18-9-4-2)15-8-12-19(13-15)14-17(21)20-10-5-6-11-20/h8,12-13,16,18H,3-7,9-11,14H2,1-2H3. The van der Waals surface area contributed by atoms with Gasteiger partial charge < -0.3 is 14.8 Å². The van der Waals surface area contributed by atoms with Crippen molar-refractivity contribution in [1.29, 1.82) is 0 Å². The Bertz CT molecular complexity index is 435. The van der Waals surface area contributed by atoms with Crippen LogP contribution in [0.2, 0.25) is 0 Å². The second kappa shape index (κ2) is 8.23. The second-order valence-corrected chi connectivity index (χ2v) is 6.00. The monoisotopic (exact) mass is 291 g/mol. The van der Waals surface area contributed by atoms with Crippen LogP contribution in [0.4, 0.5) is 0 Å². The minimum Gasteiger partial charge on any atom is -0.345 e. The van der Waals surface area contributed by atoms with Crippen LogP contribution < -0.4 is 5.32 Å². The van der Waals surface area contributed by atoms with E-state index >= 15 is 0 Å². The minimum atomic E-state index is 0.253. The maximum Gasteiger partial charge on any atom is 0.242 e. The second-order valence-electron chi connectivity index (χ2n) is 6.00. The summed E-state index contributed by atoms with van der Waals surface area (Å²) in [5, 5.41) is 3.60. The molecule has 21 heavy (non-hydrogen) atoms. The van der Waals surface area contributed by atoms with Gasteiger partial charge in [0.1, 0.15) is 6.54 Å². The van der Waals surface area contributed by atoms with Gasteiger partial charge in [-0.15, -0.1) is 0 Å².